The van der Waals surface area contributed by atoms with E-state index in [1.54, 1.807) is 12.3 Å². The van der Waals surface area contributed by atoms with Crippen molar-refractivity contribution in [2.24, 2.45) is 5.73 Å². The van der Waals surface area contributed by atoms with Crippen LogP contribution < -0.4 is 15.8 Å². The topological polar surface area (TPSA) is 148 Å². The number of primary amides is 1. The van der Waals surface area contributed by atoms with Gasteiger partial charge < -0.3 is 26.0 Å². The summed E-state index contributed by atoms with van der Waals surface area (Å²) < 4.78 is 63.2. The lowest BCUT2D eigenvalue weighted by Crippen LogP contribution is -2.51. The maximum Gasteiger partial charge on any atom is 0.424 e. The summed E-state index contributed by atoms with van der Waals surface area (Å²) in [5.74, 6) is -2.93. The number of rotatable bonds is 7. The monoisotopic (exact) mass is 598 g/mol. The van der Waals surface area contributed by atoms with Crippen LogP contribution in [-0.4, -0.2) is 51.3 Å². The summed E-state index contributed by atoms with van der Waals surface area (Å²) in [5, 5.41) is 24.1. The Balaban J connectivity index is 1.58. The van der Waals surface area contributed by atoms with Gasteiger partial charge in [-0.05, 0) is 67.4 Å². The number of carbonyl (C=O) groups excluding carboxylic acids is 2. The van der Waals surface area contributed by atoms with Crippen LogP contribution in [0.25, 0.3) is 22.2 Å². The molecule has 2 aromatic carbocycles. The molecule has 9 nitrogen and oxygen atoms in total. The second-order valence-corrected chi connectivity index (χ2v) is 10.5. The summed E-state index contributed by atoms with van der Waals surface area (Å²) in [6.45, 7) is 1.56. The molecule has 0 aliphatic carbocycles. The zero-order valence-corrected chi connectivity index (χ0v) is 22.9. The number of aromatic hydroxyl groups is 1. The molecule has 13 heteroatoms. The zero-order chi connectivity index (χ0) is 31.3. The van der Waals surface area contributed by atoms with Gasteiger partial charge in [0.25, 0.3) is 5.91 Å². The van der Waals surface area contributed by atoms with E-state index in [9.17, 15) is 37.4 Å². The Kier molecular flexibility index (Phi) is 7.25. The highest BCUT2D eigenvalue weighted by atomic mass is 19.4. The Morgan fingerprint density at radius 3 is 2.47 bits per heavy atom. The van der Waals surface area contributed by atoms with Crippen molar-refractivity contribution in [2.75, 3.05) is 13.2 Å². The number of pyridine rings is 2. The number of nitrogens with one attached hydrogen (secondary N) is 1. The molecule has 0 saturated carbocycles. The van der Waals surface area contributed by atoms with E-state index >= 15 is 0 Å². The first-order valence-electron chi connectivity index (χ1n) is 13.1. The van der Waals surface area contributed by atoms with Crippen molar-refractivity contribution in [3.8, 4) is 22.8 Å². The van der Waals surface area contributed by atoms with E-state index in [0.717, 1.165) is 29.8 Å². The minimum absolute atomic E-state index is 0.0445. The first kappa shape index (κ1) is 29.7. The number of hydrogen-bond donors (Lipinski definition) is 4. The number of hydrogen-bond acceptors (Lipinski definition) is 7. The lowest BCUT2D eigenvalue weighted by molar-refractivity contribution is -0.265. The molecule has 4 aromatic rings. The van der Waals surface area contributed by atoms with Crippen molar-refractivity contribution in [3.63, 3.8) is 0 Å². The SMILES string of the molecule is CCc1cnc2c(O)cc(C(=O)NC[C@](O)(c3cc4c(c(-c5ccc(F)cc5)n3)OC[C@]4(C)C(N)=O)C(F)(F)F)cc2c1. The molecule has 0 saturated heterocycles. The number of fused-ring (bicyclic) bond motifs is 2. The van der Waals surface area contributed by atoms with E-state index in [1.165, 1.54) is 25.1 Å². The minimum atomic E-state index is -5.38. The van der Waals surface area contributed by atoms with Gasteiger partial charge in [-0.3, -0.25) is 14.6 Å². The summed E-state index contributed by atoms with van der Waals surface area (Å²) in [6.07, 6.45) is -3.20. The molecule has 0 unspecified atom stereocenters. The van der Waals surface area contributed by atoms with Gasteiger partial charge in [0.2, 0.25) is 11.5 Å². The molecule has 0 bridgehead atoms. The van der Waals surface area contributed by atoms with E-state index in [4.69, 9.17) is 10.5 Å². The number of carbonyl (C=O) groups is 2. The molecule has 43 heavy (non-hydrogen) atoms. The largest absolute Gasteiger partial charge is 0.506 e. The van der Waals surface area contributed by atoms with Gasteiger partial charge in [-0.1, -0.05) is 6.92 Å². The van der Waals surface area contributed by atoms with Crippen LogP contribution in [0.2, 0.25) is 0 Å². The molecule has 3 heterocycles. The number of nitrogens with zero attached hydrogens (tertiary/aromatic N) is 2. The van der Waals surface area contributed by atoms with Crippen molar-refractivity contribution in [1.29, 1.82) is 0 Å². The summed E-state index contributed by atoms with van der Waals surface area (Å²) in [4.78, 5) is 33.6. The highest BCUT2D eigenvalue weighted by Crippen LogP contribution is 2.47. The van der Waals surface area contributed by atoms with Gasteiger partial charge in [0.15, 0.2) is 0 Å². The molecule has 5 N–H and O–H groups in total. The quantitative estimate of drug-likeness (QED) is 0.235. The van der Waals surface area contributed by atoms with E-state index < -0.39 is 47.1 Å². The Bertz CT molecular complexity index is 1760. The van der Waals surface area contributed by atoms with E-state index in [0.29, 0.717) is 11.8 Å². The van der Waals surface area contributed by atoms with E-state index in [1.807, 2.05) is 6.92 Å². The first-order chi connectivity index (χ1) is 20.2. The van der Waals surface area contributed by atoms with Crippen molar-refractivity contribution in [2.45, 2.75) is 37.5 Å². The molecule has 2 atom stereocenters. The predicted octanol–water partition coefficient (Wildman–Crippen LogP) is 4.02. The van der Waals surface area contributed by atoms with Gasteiger partial charge in [0.05, 0.1) is 12.2 Å². The highest BCUT2D eigenvalue weighted by Gasteiger charge is 2.57. The standard InChI is InChI=1S/C30H26F4N4O5/c1-3-15-8-17-9-18(10-21(39)23(17)36-12-15)26(40)37-13-29(42,30(32,33)34)22-11-20-25(43-14-28(20,2)27(35)41)24(38-22)16-4-6-19(31)7-5-16/h4-12,39,42H,3,13-14H2,1-2H3,(H2,35,41)(H,37,40)/t28-,29-/m0/s1. The average Bonchev–Trinajstić information content (AvgIpc) is 3.32. The average molecular weight is 599 g/mol. The maximum atomic E-state index is 14.6. The minimum Gasteiger partial charge on any atom is -0.506 e. The fraction of sp³-hybridized carbons (Fsp3) is 0.267. The number of phenolic OH excluding ortho intramolecular Hbond substituents is 1. The van der Waals surface area contributed by atoms with Gasteiger partial charge in [0, 0.05) is 28.3 Å². The van der Waals surface area contributed by atoms with Crippen LogP contribution in [0, 0.1) is 5.82 Å². The number of nitrogens with two attached hydrogens (primary N) is 1. The Morgan fingerprint density at radius 1 is 1.14 bits per heavy atom. The summed E-state index contributed by atoms with van der Waals surface area (Å²) >= 11 is 0. The molecule has 1 aliphatic rings. The Morgan fingerprint density at radius 2 is 1.84 bits per heavy atom. The molecular weight excluding hydrogens is 572 g/mol. The third-order valence-electron chi connectivity index (χ3n) is 7.62. The van der Waals surface area contributed by atoms with E-state index in [2.05, 4.69) is 15.3 Å². The number of halogens is 4. The number of aliphatic hydroxyl groups is 1. The number of alkyl halides is 3. The van der Waals surface area contributed by atoms with Crippen LogP contribution in [0.4, 0.5) is 17.6 Å². The third kappa shape index (κ3) is 5.09. The third-order valence-corrected chi connectivity index (χ3v) is 7.62. The van der Waals surface area contributed by atoms with Crippen LogP contribution in [0.3, 0.4) is 0 Å². The fourth-order valence-corrected chi connectivity index (χ4v) is 4.85. The molecule has 0 spiro atoms. The first-order valence-corrected chi connectivity index (χ1v) is 13.1. The molecule has 0 fully saturated rings. The number of phenols is 1. The molecule has 2 amide bonds. The second-order valence-electron chi connectivity index (χ2n) is 10.5. The number of amides is 2. The maximum absolute atomic E-state index is 14.6. The predicted molar refractivity (Wildman–Crippen MR) is 147 cm³/mol. The lowest BCUT2D eigenvalue weighted by atomic mass is 9.81. The fourth-order valence-electron chi connectivity index (χ4n) is 4.85. The lowest BCUT2D eigenvalue weighted by Gasteiger charge is -2.31. The Labute approximate surface area is 242 Å². The van der Waals surface area contributed by atoms with Gasteiger partial charge in [0.1, 0.15) is 40.5 Å². The normalized spacial score (nSPS) is 17.7. The van der Waals surface area contributed by atoms with Crippen LogP contribution in [0.15, 0.2) is 54.7 Å². The molecule has 224 valence electrons. The van der Waals surface area contributed by atoms with Gasteiger partial charge in [-0.15, -0.1) is 0 Å². The number of aromatic nitrogens is 2. The highest BCUT2D eigenvalue weighted by molar-refractivity contribution is 6.00. The van der Waals surface area contributed by atoms with Crippen molar-refractivity contribution in [1.82, 2.24) is 15.3 Å². The van der Waals surface area contributed by atoms with Gasteiger partial charge in [-0.25, -0.2) is 9.37 Å². The van der Waals surface area contributed by atoms with Crippen LogP contribution in [0.5, 0.6) is 11.5 Å². The molecule has 0 radical (unpaired) electrons. The number of ether oxygens (including phenoxy) is 1. The van der Waals surface area contributed by atoms with Crippen LogP contribution in [0.1, 0.15) is 41.0 Å². The zero-order valence-electron chi connectivity index (χ0n) is 22.9. The van der Waals surface area contributed by atoms with Crippen molar-refractivity contribution >= 4 is 22.7 Å². The van der Waals surface area contributed by atoms with Crippen molar-refractivity contribution in [3.05, 3.63) is 82.9 Å². The Hall–Kier alpha value is -4.78. The second kappa shape index (κ2) is 10.5. The summed E-state index contributed by atoms with van der Waals surface area (Å²) in [5.41, 5.74) is 0.0279. The number of aryl methyl sites for hydroxylation is 1. The van der Waals surface area contributed by atoms with Crippen molar-refractivity contribution < 1.29 is 42.1 Å². The van der Waals surface area contributed by atoms with E-state index in [-0.39, 0.29) is 46.0 Å². The van der Waals surface area contributed by atoms with Gasteiger partial charge in [-0.2, -0.15) is 13.2 Å². The summed E-state index contributed by atoms with van der Waals surface area (Å²) in [6, 6.07) is 9.61. The molecule has 1 aliphatic heterocycles. The van der Waals surface area contributed by atoms with Gasteiger partial charge >= 0.3 is 6.18 Å². The van der Waals surface area contributed by atoms with Crippen LogP contribution in [-0.2, 0) is 22.2 Å². The molecular formula is C30H26F4N4O5. The number of benzene rings is 2. The molecule has 2 aromatic heterocycles. The van der Waals surface area contributed by atoms with Crippen LogP contribution >= 0.6 is 0 Å². The summed E-state index contributed by atoms with van der Waals surface area (Å²) in [7, 11) is 0. The smallest absolute Gasteiger partial charge is 0.424 e. The molecule has 5 rings (SSSR count).